The molecule has 0 fully saturated rings. The van der Waals surface area contributed by atoms with Crippen LogP contribution in [0.3, 0.4) is 0 Å². The molecule has 0 bridgehead atoms. The van der Waals surface area contributed by atoms with Gasteiger partial charge < -0.3 is 5.32 Å². The maximum Gasteiger partial charge on any atom is 0.0987 e. The Bertz CT molecular complexity index is 147. The van der Waals surface area contributed by atoms with Crippen molar-refractivity contribution in [2.24, 2.45) is 4.99 Å². The van der Waals surface area contributed by atoms with Gasteiger partial charge in [0.1, 0.15) is 0 Å². The number of amidine groups is 2. The Morgan fingerprint density at radius 3 is 2.20 bits per heavy atom. The smallest absolute Gasteiger partial charge is 0.0987 e. The average molecular weight is 141 g/mol. The highest BCUT2D eigenvalue weighted by atomic mass is 15.0. The molecule has 0 aliphatic carbocycles. The third-order valence-corrected chi connectivity index (χ3v) is 0.820. The molecule has 0 aliphatic heterocycles. The van der Waals surface area contributed by atoms with Crippen molar-refractivity contribution in [1.82, 2.24) is 5.32 Å². The van der Waals surface area contributed by atoms with Crippen LogP contribution in [-0.2, 0) is 0 Å². The quantitative estimate of drug-likeness (QED) is 0.421. The third-order valence-electron chi connectivity index (χ3n) is 0.820. The molecule has 0 unspecified atom stereocenters. The van der Waals surface area contributed by atoms with Gasteiger partial charge in [-0.1, -0.05) is 0 Å². The van der Waals surface area contributed by atoms with Gasteiger partial charge in [0.15, 0.2) is 0 Å². The summed E-state index contributed by atoms with van der Waals surface area (Å²) < 4.78 is 0. The van der Waals surface area contributed by atoms with Crippen LogP contribution in [0.1, 0.15) is 27.7 Å². The third kappa shape index (κ3) is 5.28. The molecule has 2 N–H and O–H groups in total. The second-order valence-electron chi connectivity index (χ2n) is 2.56. The minimum atomic E-state index is 0.298. The van der Waals surface area contributed by atoms with Crippen molar-refractivity contribution in [2.75, 3.05) is 0 Å². The van der Waals surface area contributed by atoms with E-state index >= 15 is 0 Å². The summed E-state index contributed by atoms with van der Waals surface area (Å²) in [5.41, 5.74) is 0. The minimum Gasteiger partial charge on any atom is -0.333 e. The van der Waals surface area contributed by atoms with Gasteiger partial charge in [0.05, 0.1) is 11.7 Å². The van der Waals surface area contributed by atoms with Crippen molar-refractivity contribution < 1.29 is 0 Å². The van der Waals surface area contributed by atoms with Gasteiger partial charge in [0.2, 0.25) is 0 Å². The van der Waals surface area contributed by atoms with Crippen LogP contribution in [0.5, 0.6) is 0 Å². The highest BCUT2D eigenvalue weighted by Crippen LogP contribution is 1.85. The molecule has 0 amide bonds. The van der Waals surface area contributed by atoms with E-state index in [0.717, 1.165) is 5.84 Å². The van der Waals surface area contributed by atoms with Crippen LogP contribution in [0.15, 0.2) is 4.99 Å². The summed E-state index contributed by atoms with van der Waals surface area (Å²) in [6, 6.07) is 0.298. The molecule has 0 rings (SSSR count). The Hall–Kier alpha value is -0.860. The highest BCUT2D eigenvalue weighted by Gasteiger charge is 1.91. The molecule has 0 heterocycles. The Labute approximate surface area is 62.1 Å². The molecule has 0 aromatic carbocycles. The Morgan fingerprint density at radius 2 is 1.90 bits per heavy atom. The number of nitrogens with one attached hydrogen (secondary N) is 2. The van der Waals surface area contributed by atoms with Gasteiger partial charge in [0, 0.05) is 6.04 Å². The van der Waals surface area contributed by atoms with Crippen molar-refractivity contribution in [3.63, 3.8) is 0 Å². The van der Waals surface area contributed by atoms with Crippen molar-refractivity contribution in [1.29, 1.82) is 5.41 Å². The molecule has 3 nitrogen and oxygen atoms in total. The first-order valence-corrected chi connectivity index (χ1v) is 3.39. The molecule has 0 saturated heterocycles. The topological polar surface area (TPSA) is 48.2 Å². The Kier molecular flexibility index (Phi) is 3.69. The lowest BCUT2D eigenvalue weighted by Crippen LogP contribution is -2.25. The second kappa shape index (κ2) is 4.04. The Balaban J connectivity index is 3.82. The van der Waals surface area contributed by atoms with Gasteiger partial charge in [0.25, 0.3) is 0 Å². The summed E-state index contributed by atoms with van der Waals surface area (Å²) >= 11 is 0. The molecule has 3 heteroatoms. The lowest BCUT2D eigenvalue weighted by atomic mass is 10.4. The maximum absolute atomic E-state index is 7.08. The SMILES string of the molecule is CC(=N)NC(C)=NC(C)C. The number of nitrogens with zero attached hydrogens (tertiary/aromatic N) is 1. The van der Waals surface area contributed by atoms with E-state index in [1.807, 2.05) is 20.8 Å². The largest absolute Gasteiger partial charge is 0.333 e. The first-order chi connectivity index (χ1) is 4.52. The van der Waals surface area contributed by atoms with Crippen molar-refractivity contribution in [3.8, 4) is 0 Å². The molecule has 58 valence electrons. The van der Waals surface area contributed by atoms with Crippen LogP contribution in [0, 0.1) is 5.41 Å². The first kappa shape index (κ1) is 9.14. The van der Waals surface area contributed by atoms with Gasteiger partial charge in [-0.05, 0) is 27.7 Å². The average Bonchev–Trinajstić information content (AvgIpc) is 1.58. The zero-order valence-electron chi connectivity index (χ0n) is 7.02. The molecule has 0 atom stereocenters. The monoisotopic (exact) mass is 141 g/mol. The van der Waals surface area contributed by atoms with Crippen LogP contribution >= 0.6 is 0 Å². The molecule has 0 saturated carbocycles. The van der Waals surface area contributed by atoms with Crippen LogP contribution < -0.4 is 5.32 Å². The second-order valence-corrected chi connectivity index (χ2v) is 2.56. The van der Waals surface area contributed by atoms with Crippen molar-refractivity contribution in [3.05, 3.63) is 0 Å². The van der Waals surface area contributed by atoms with E-state index in [1.165, 1.54) is 0 Å². The zero-order valence-corrected chi connectivity index (χ0v) is 7.02. The Morgan fingerprint density at radius 1 is 1.40 bits per heavy atom. The van der Waals surface area contributed by atoms with E-state index in [-0.39, 0.29) is 0 Å². The standard InChI is InChI=1S/C7H15N3/c1-5(2)9-7(4)10-6(3)8/h5H,1-4H3,(H2,8,9,10). The van der Waals surface area contributed by atoms with E-state index in [2.05, 4.69) is 10.3 Å². The predicted octanol–water partition coefficient (Wildman–Crippen LogP) is 1.40. The summed E-state index contributed by atoms with van der Waals surface area (Å²) in [4.78, 5) is 4.18. The van der Waals surface area contributed by atoms with E-state index < -0.39 is 0 Å². The van der Waals surface area contributed by atoms with E-state index in [4.69, 9.17) is 5.41 Å². The molecule has 0 aliphatic rings. The summed E-state index contributed by atoms with van der Waals surface area (Å²) in [5, 5.41) is 9.88. The summed E-state index contributed by atoms with van der Waals surface area (Å²) in [6.45, 7) is 7.56. The van der Waals surface area contributed by atoms with Crippen molar-refractivity contribution in [2.45, 2.75) is 33.7 Å². The molecule has 0 aromatic heterocycles. The first-order valence-electron chi connectivity index (χ1n) is 3.39. The normalized spacial score (nSPS) is 11.9. The van der Waals surface area contributed by atoms with Crippen LogP contribution in [-0.4, -0.2) is 17.7 Å². The van der Waals surface area contributed by atoms with Gasteiger partial charge >= 0.3 is 0 Å². The number of hydrogen-bond donors (Lipinski definition) is 2. The van der Waals surface area contributed by atoms with Gasteiger partial charge in [-0.25, -0.2) is 0 Å². The fourth-order valence-electron chi connectivity index (χ4n) is 0.691. The summed E-state index contributed by atoms with van der Waals surface area (Å²) in [6.07, 6.45) is 0. The number of rotatable bonds is 1. The van der Waals surface area contributed by atoms with E-state index in [9.17, 15) is 0 Å². The number of aliphatic imine (C=N–C) groups is 1. The predicted molar refractivity (Wildman–Crippen MR) is 44.8 cm³/mol. The molecule has 0 spiro atoms. The zero-order chi connectivity index (χ0) is 8.15. The van der Waals surface area contributed by atoms with Gasteiger partial charge in [-0.2, -0.15) is 0 Å². The van der Waals surface area contributed by atoms with E-state index in [0.29, 0.717) is 11.9 Å². The molecular weight excluding hydrogens is 126 g/mol. The van der Waals surface area contributed by atoms with Crippen molar-refractivity contribution >= 4 is 11.7 Å². The molecule has 10 heavy (non-hydrogen) atoms. The van der Waals surface area contributed by atoms with Crippen LogP contribution in [0.25, 0.3) is 0 Å². The molecule has 0 aromatic rings. The molecule has 0 radical (unpaired) electrons. The van der Waals surface area contributed by atoms with Crippen LogP contribution in [0.4, 0.5) is 0 Å². The fourth-order valence-corrected chi connectivity index (χ4v) is 0.691. The highest BCUT2D eigenvalue weighted by molar-refractivity contribution is 5.97. The minimum absolute atomic E-state index is 0.298. The van der Waals surface area contributed by atoms with Crippen LogP contribution in [0.2, 0.25) is 0 Å². The molecular formula is C7H15N3. The van der Waals surface area contributed by atoms with Gasteiger partial charge in [-0.3, -0.25) is 10.4 Å². The fraction of sp³-hybridized carbons (Fsp3) is 0.714. The van der Waals surface area contributed by atoms with E-state index in [1.54, 1.807) is 6.92 Å². The summed E-state index contributed by atoms with van der Waals surface area (Å²) in [7, 11) is 0. The lowest BCUT2D eigenvalue weighted by molar-refractivity contribution is 0.829. The van der Waals surface area contributed by atoms with Gasteiger partial charge in [-0.15, -0.1) is 0 Å². The summed E-state index contributed by atoms with van der Waals surface area (Å²) in [5.74, 6) is 1.24. The lowest BCUT2D eigenvalue weighted by Gasteiger charge is -2.03. The maximum atomic E-state index is 7.08. The number of hydrogen-bond acceptors (Lipinski definition) is 2.